The number of nitrogens with zero attached hydrogens (tertiary/aromatic N) is 3. The maximum Gasteiger partial charge on any atom is 0.175 e. The van der Waals surface area contributed by atoms with Crippen LogP contribution in [0.1, 0.15) is 18.3 Å². The first-order valence-electron chi connectivity index (χ1n) is 6.48. The summed E-state index contributed by atoms with van der Waals surface area (Å²) in [5, 5.41) is 11.4. The van der Waals surface area contributed by atoms with E-state index in [1.54, 1.807) is 24.5 Å². The van der Waals surface area contributed by atoms with Crippen LogP contribution in [0, 0.1) is 0 Å². The van der Waals surface area contributed by atoms with Crippen LogP contribution in [0.5, 0.6) is 0 Å². The molecule has 0 radical (unpaired) electrons. The summed E-state index contributed by atoms with van der Waals surface area (Å²) in [4.78, 5) is 0.249. The molecule has 0 bridgehead atoms. The van der Waals surface area contributed by atoms with E-state index in [9.17, 15) is 8.42 Å². The summed E-state index contributed by atoms with van der Waals surface area (Å²) in [7, 11) is -3.31. The quantitative estimate of drug-likeness (QED) is 0.872. The average molecular weight is 329 g/mol. The van der Waals surface area contributed by atoms with Gasteiger partial charge in [-0.1, -0.05) is 17.7 Å². The highest BCUT2D eigenvalue weighted by Gasteiger charge is 2.15. The third-order valence-electron chi connectivity index (χ3n) is 3.10. The summed E-state index contributed by atoms with van der Waals surface area (Å²) >= 11 is 6.12. The van der Waals surface area contributed by atoms with Gasteiger partial charge in [0.05, 0.1) is 11.4 Å². The van der Waals surface area contributed by atoms with Crippen molar-refractivity contribution in [2.45, 2.75) is 31.5 Å². The molecule has 0 aliphatic rings. The van der Waals surface area contributed by atoms with Gasteiger partial charge < -0.3 is 9.88 Å². The molecular weight excluding hydrogens is 312 g/mol. The Kier molecular flexibility index (Phi) is 4.97. The van der Waals surface area contributed by atoms with E-state index in [-0.39, 0.29) is 4.90 Å². The summed E-state index contributed by atoms with van der Waals surface area (Å²) in [6.07, 6.45) is 2.84. The summed E-state index contributed by atoms with van der Waals surface area (Å²) in [5.41, 5.74) is 0.573. The van der Waals surface area contributed by atoms with Gasteiger partial charge in [0.1, 0.15) is 12.2 Å². The van der Waals surface area contributed by atoms with Crippen molar-refractivity contribution in [1.82, 2.24) is 20.1 Å². The van der Waals surface area contributed by atoms with Gasteiger partial charge in [-0.2, -0.15) is 0 Å². The molecule has 2 rings (SSSR count). The molecule has 0 saturated carbocycles. The van der Waals surface area contributed by atoms with Crippen LogP contribution in [0.2, 0.25) is 5.02 Å². The minimum atomic E-state index is -3.31. The molecule has 0 aliphatic heterocycles. The number of aryl methyl sites for hydroxylation is 1. The Hall–Kier alpha value is -1.44. The van der Waals surface area contributed by atoms with E-state index in [0.717, 1.165) is 12.4 Å². The SMILES string of the molecule is CCn1cnnc1CNCc1c(Cl)cccc1S(C)(=O)=O. The topological polar surface area (TPSA) is 76.9 Å². The zero-order valence-corrected chi connectivity index (χ0v) is 13.4. The predicted octanol–water partition coefficient (Wildman–Crippen LogP) is 1.64. The Morgan fingerprint density at radius 3 is 2.76 bits per heavy atom. The van der Waals surface area contributed by atoms with Crippen LogP contribution in [0.15, 0.2) is 29.4 Å². The smallest absolute Gasteiger partial charge is 0.175 e. The lowest BCUT2D eigenvalue weighted by Crippen LogP contribution is -2.18. The lowest BCUT2D eigenvalue weighted by molar-refractivity contribution is 0.593. The number of halogens is 1. The van der Waals surface area contributed by atoms with Crippen LogP contribution in [-0.2, 0) is 29.5 Å². The summed E-state index contributed by atoms with van der Waals surface area (Å²) < 4.78 is 25.5. The Balaban J connectivity index is 2.14. The van der Waals surface area contributed by atoms with Crippen LogP contribution in [0.25, 0.3) is 0 Å². The van der Waals surface area contributed by atoms with Gasteiger partial charge in [-0.3, -0.25) is 0 Å². The van der Waals surface area contributed by atoms with Crippen molar-refractivity contribution in [1.29, 1.82) is 0 Å². The normalized spacial score (nSPS) is 11.8. The third-order valence-corrected chi connectivity index (χ3v) is 4.63. The molecule has 0 atom stereocenters. The number of aromatic nitrogens is 3. The highest BCUT2D eigenvalue weighted by Crippen LogP contribution is 2.23. The predicted molar refractivity (Wildman–Crippen MR) is 80.8 cm³/mol. The van der Waals surface area contributed by atoms with Crippen molar-refractivity contribution in [3.05, 3.63) is 40.9 Å². The molecule has 0 spiro atoms. The van der Waals surface area contributed by atoms with E-state index < -0.39 is 9.84 Å². The van der Waals surface area contributed by atoms with E-state index in [1.807, 2.05) is 11.5 Å². The number of hydrogen-bond acceptors (Lipinski definition) is 5. The lowest BCUT2D eigenvalue weighted by Gasteiger charge is -2.11. The Bertz CT molecular complexity index is 728. The fourth-order valence-electron chi connectivity index (χ4n) is 2.04. The van der Waals surface area contributed by atoms with Crippen LogP contribution in [0.4, 0.5) is 0 Å². The van der Waals surface area contributed by atoms with Gasteiger partial charge in [0.25, 0.3) is 0 Å². The molecule has 21 heavy (non-hydrogen) atoms. The molecule has 2 aromatic rings. The van der Waals surface area contributed by atoms with Crippen LogP contribution >= 0.6 is 11.6 Å². The van der Waals surface area contributed by atoms with E-state index in [2.05, 4.69) is 15.5 Å². The highest BCUT2D eigenvalue weighted by atomic mass is 35.5. The molecule has 114 valence electrons. The molecule has 0 unspecified atom stereocenters. The average Bonchev–Trinajstić information content (AvgIpc) is 2.86. The molecule has 0 fully saturated rings. The summed E-state index contributed by atoms with van der Waals surface area (Å²) in [5.74, 6) is 0.797. The fourth-order valence-corrected chi connectivity index (χ4v) is 3.29. The molecule has 6 nitrogen and oxygen atoms in total. The van der Waals surface area contributed by atoms with Gasteiger partial charge in [0.15, 0.2) is 9.84 Å². The first-order valence-corrected chi connectivity index (χ1v) is 8.75. The van der Waals surface area contributed by atoms with Gasteiger partial charge in [0.2, 0.25) is 0 Å². The van der Waals surface area contributed by atoms with Crippen molar-refractivity contribution < 1.29 is 8.42 Å². The minimum Gasteiger partial charge on any atom is -0.317 e. The van der Waals surface area contributed by atoms with E-state index in [4.69, 9.17) is 11.6 Å². The fraction of sp³-hybridized carbons (Fsp3) is 0.385. The molecule has 1 aromatic heterocycles. The molecular formula is C13H17ClN4O2S. The Morgan fingerprint density at radius 2 is 2.10 bits per heavy atom. The van der Waals surface area contributed by atoms with Gasteiger partial charge in [-0.15, -0.1) is 10.2 Å². The van der Waals surface area contributed by atoms with E-state index in [0.29, 0.717) is 23.7 Å². The standard InChI is InChI=1S/C13H17ClN4O2S/c1-3-18-9-16-17-13(18)8-15-7-10-11(14)5-4-6-12(10)21(2,19)20/h4-6,9,15H,3,7-8H2,1-2H3. The van der Waals surface area contributed by atoms with Gasteiger partial charge in [-0.05, 0) is 19.1 Å². The first kappa shape index (κ1) is 15.9. The van der Waals surface area contributed by atoms with Crippen molar-refractivity contribution in [3.63, 3.8) is 0 Å². The van der Waals surface area contributed by atoms with Crippen LogP contribution in [0.3, 0.4) is 0 Å². The Morgan fingerprint density at radius 1 is 1.33 bits per heavy atom. The monoisotopic (exact) mass is 328 g/mol. The number of rotatable bonds is 6. The second-order valence-corrected chi connectivity index (χ2v) is 7.02. The van der Waals surface area contributed by atoms with Crippen LogP contribution in [-0.4, -0.2) is 29.4 Å². The number of nitrogens with one attached hydrogen (secondary N) is 1. The van der Waals surface area contributed by atoms with Crippen molar-refractivity contribution in [3.8, 4) is 0 Å². The van der Waals surface area contributed by atoms with Crippen LogP contribution < -0.4 is 5.32 Å². The highest BCUT2D eigenvalue weighted by molar-refractivity contribution is 7.90. The first-order chi connectivity index (χ1) is 9.93. The van der Waals surface area contributed by atoms with Crippen molar-refractivity contribution in [2.75, 3.05) is 6.26 Å². The Labute approximate surface area is 129 Å². The molecule has 1 aromatic carbocycles. The molecule has 0 aliphatic carbocycles. The second kappa shape index (κ2) is 6.55. The second-order valence-electron chi connectivity index (χ2n) is 4.63. The van der Waals surface area contributed by atoms with Crippen molar-refractivity contribution in [2.24, 2.45) is 0 Å². The molecule has 8 heteroatoms. The molecule has 1 N–H and O–H groups in total. The molecule has 0 saturated heterocycles. The third kappa shape index (κ3) is 3.81. The summed E-state index contributed by atoms with van der Waals surface area (Å²) in [6, 6.07) is 4.88. The number of hydrogen-bond donors (Lipinski definition) is 1. The zero-order valence-electron chi connectivity index (χ0n) is 11.9. The number of sulfone groups is 1. The maximum absolute atomic E-state index is 11.8. The van der Waals surface area contributed by atoms with Gasteiger partial charge in [0, 0.05) is 29.9 Å². The van der Waals surface area contributed by atoms with E-state index >= 15 is 0 Å². The zero-order chi connectivity index (χ0) is 15.5. The van der Waals surface area contributed by atoms with Crippen molar-refractivity contribution >= 4 is 21.4 Å². The summed E-state index contributed by atoms with van der Waals surface area (Å²) in [6.45, 7) is 3.62. The maximum atomic E-state index is 11.8. The molecule has 1 heterocycles. The largest absolute Gasteiger partial charge is 0.317 e. The molecule has 0 amide bonds. The number of benzene rings is 1. The minimum absolute atomic E-state index is 0.249. The lowest BCUT2D eigenvalue weighted by atomic mass is 10.2. The van der Waals surface area contributed by atoms with E-state index in [1.165, 1.54) is 6.26 Å². The van der Waals surface area contributed by atoms with Gasteiger partial charge in [-0.25, -0.2) is 8.42 Å². The van der Waals surface area contributed by atoms with Gasteiger partial charge >= 0.3 is 0 Å².